The lowest BCUT2D eigenvalue weighted by atomic mass is 10.4. The predicted octanol–water partition coefficient (Wildman–Crippen LogP) is 0.301. The summed E-state index contributed by atoms with van der Waals surface area (Å²) in [6, 6.07) is 0. The minimum atomic E-state index is 0.607. The molecule has 0 radical (unpaired) electrons. The van der Waals surface area contributed by atoms with Gasteiger partial charge < -0.3 is 15.7 Å². The molecule has 2 aromatic rings. The Kier molecular flexibility index (Phi) is 2.09. The zero-order chi connectivity index (χ0) is 9.10. The molecule has 0 saturated carbocycles. The third-order valence-corrected chi connectivity index (χ3v) is 1.80. The molecule has 0 amide bonds. The summed E-state index contributed by atoms with van der Waals surface area (Å²) in [6.45, 7) is 0.607. The molecule has 0 fully saturated rings. The summed E-state index contributed by atoms with van der Waals surface area (Å²) in [5.41, 5.74) is 7.29. The maximum absolute atomic E-state index is 5.41. The topological polar surface area (TPSA) is 83.4 Å². The summed E-state index contributed by atoms with van der Waals surface area (Å²) in [4.78, 5) is 14.3. The van der Waals surface area contributed by atoms with E-state index in [1.54, 1.807) is 18.7 Å². The van der Waals surface area contributed by atoms with Gasteiger partial charge in [-0.2, -0.15) is 0 Å². The van der Waals surface area contributed by atoms with Crippen LogP contribution in [0.5, 0.6) is 0 Å². The van der Waals surface area contributed by atoms with E-state index in [4.69, 9.17) is 5.73 Å². The third-order valence-electron chi connectivity index (χ3n) is 1.80. The Labute approximate surface area is 75.4 Å². The first-order valence-corrected chi connectivity index (χ1v) is 4.13. The molecule has 68 valence electrons. The minimum Gasteiger partial charge on any atom is -0.343 e. The van der Waals surface area contributed by atoms with E-state index in [2.05, 4.69) is 19.9 Å². The predicted molar refractivity (Wildman–Crippen MR) is 48.9 cm³/mol. The molecule has 5 heteroatoms. The number of imidazole rings is 2. The quantitative estimate of drug-likeness (QED) is 0.630. The normalized spacial score (nSPS) is 10.5. The standard InChI is InChI=1S/C8H11N5/c9-2-1-8-11-4-7(13-8)6-3-10-5-12-6/h3-5H,1-2,9H2,(H,10,12)(H,11,13). The first kappa shape index (κ1) is 8.00. The van der Waals surface area contributed by atoms with Crippen molar-refractivity contribution in [2.75, 3.05) is 6.54 Å². The molecule has 2 heterocycles. The van der Waals surface area contributed by atoms with Crippen molar-refractivity contribution in [1.82, 2.24) is 19.9 Å². The summed E-state index contributed by atoms with van der Waals surface area (Å²) in [5, 5.41) is 0. The van der Waals surface area contributed by atoms with Crippen molar-refractivity contribution >= 4 is 0 Å². The van der Waals surface area contributed by atoms with Crippen LogP contribution in [0.4, 0.5) is 0 Å². The Morgan fingerprint density at radius 2 is 2.23 bits per heavy atom. The van der Waals surface area contributed by atoms with Crippen LogP contribution in [0.1, 0.15) is 5.82 Å². The molecule has 0 aliphatic rings. The number of hydrogen-bond donors (Lipinski definition) is 3. The highest BCUT2D eigenvalue weighted by Crippen LogP contribution is 2.12. The molecular formula is C8H11N5. The van der Waals surface area contributed by atoms with E-state index in [1.165, 1.54) is 0 Å². The molecule has 2 rings (SSSR count). The summed E-state index contributed by atoms with van der Waals surface area (Å²) < 4.78 is 0. The lowest BCUT2D eigenvalue weighted by molar-refractivity contribution is 0.895. The molecule has 0 unspecified atom stereocenters. The maximum Gasteiger partial charge on any atom is 0.107 e. The lowest BCUT2D eigenvalue weighted by Crippen LogP contribution is -2.03. The van der Waals surface area contributed by atoms with Gasteiger partial charge in [0.2, 0.25) is 0 Å². The van der Waals surface area contributed by atoms with E-state index in [0.29, 0.717) is 6.54 Å². The van der Waals surface area contributed by atoms with Crippen molar-refractivity contribution in [3.8, 4) is 11.4 Å². The average molecular weight is 177 g/mol. The van der Waals surface area contributed by atoms with Crippen LogP contribution < -0.4 is 5.73 Å². The molecule has 4 N–H and O–H groups in total. The van der Waals surface area contributed by atoms with Crippen LogP contribution in [-0.4, -0.2) is 26.5 Å². The fourth-order valence-electron chi connectivity index (χ4n) is 1.17. The molecule has 2 aromatic heterocycles. The molecule has 0 bridgehead atoms. The van der Waals surface area contributed by atoms with E-state index in [0.717, 1.165) is 23.6 Å². The van der Waals surface area contributed by atoms with Gasteiger partial charge in [0.15, 0.2) is 0 Å². The largest absolute Gasteiger partial charge is 0.343 e. The highest BCUT2D eigenvalue weighted by molar-refractivity contribution is 5.51. The van der Waals surface area contributed by atoms with E-state index < -0.39 is 0 Å². The van der Waals surface area contributed by atoms with E-state index in [-0.39, 0.29) is 0 Å². The van der Waals surface area contributed by atoms with Gasteiger partial charge in [0, 0.05) is 6.42 Å². The Morgan fingerprint density at radius 3 is 2.92 bits per heavy atom. The highest BCUT2D eigenvalue weighted by atomic mass is 15.0. The van der Waals surface area contributed by atoms with Crippen LogP contribution in [0.25, 0.3) is 11.4 Å². The molecule has 0 aromatic carbocycles. The molecule has 0 atom stereocenters. The molecular weight excluding hydrogens is 166 g/mol. The Bertz CT molecular complexity index is 362. The van der Waals surface area contributed by atoms with E-state index in [9.17, 15) is 0 Å². The smallest absolute Gasteiger partial charge is 0.107 e. The zero-order valence-corrected chi connectivity index (χ0v) is 7.12. The number of aromatic amines is 2. The minimum absolute atomic E-state index is 0.607. The molecule has 0 aliphatic carbocycles. The van der Waals surface area contributed by atoms with Crippen molar-refractivity contribution in [2.24, 2.45) is 5.73 Å². The summed E-state index contributed by atoms with van der Waals surface area (Å²) >= 11 is 0. The van der Waals surface area contributed by atoms with Crippen LogP contribution in [0.3, 0.4) is 0 Å². The highest BCUT2D eigenvalue weighted by Gasteiger charge is 2.02. The van der Waals surface area contributed by atoms with Crippen LogP contribution in [0, 0.1) is 0 Å². The molecule has 13 heavy (non-hydrogen) atoms. The van der Waals surface area contributed by atoms with Crippen molar-refractivity contribution < 1.29 is 0 Å². The number of rotatable bonds is 3. The van der Waals surface area contributed by atoms with Gasteiger partial charge in [0.05, 0.1) is 30.1 Å². The van der Waals surface area contributed by atoms with Gasteiger partial charge in [-0.1, -0.05) is 0 Å². The van der Waals surface area contributed by atoms with Gasteiger partial charge in [0.25, 0.3) is 0 Å². The fourth-order valence-corrected chi connectivity index (χ4v) is 1.17. The Hall–Kier alpha value is -1.62. The maximum atomic E-state index is 5.41. The summed E-state index contributed by atoms with van der Waals surface area (Å²) in [5.74, 6) is 0.909. The van der Waals surface area contributed by atoms with Gasteiger partial charge in [-0.05, 0) is 6.54 Å². The van der Waals surface area contributed by atoms with Gasteiger partial charge in [-0.15, -0.1) is 0 Å². The second-order valence-corrected chi connectivity index (χ2v) is 2.75. The van der Waals surface area contributed by atoms with E-state index in [1.807, 2.05) is 0 Å². The van der Waals surface area contributed by atoms with Crippen molar-refractivity contribution in [2.45, 2.75) is 6.42 Å². The molecule has 0 spiro atoms. The number of nitrogens with one attached hydrogen (secondary N) is 2. The van der Waals surface area contributed by atoms with Crippen molar-refractivity contribution in [3.63, 3.8) is 0 Å². The van der Waals surface area contributed by atoms with Crippen molar-refractivity contribution in [1.29, 1.82) is 0 Å². The van der Waals surface area contributed by atoms with Gasteiger partial charge >= 0.3 is 0 Å². The number of aromatic nitrogens is 4. The Balaban J connectivity index is 2.23. The summed E-state index contributed by atoms with van der Waals surface area (Å²) in [7, 11) is 0. The van der Waals surface area contributed by atoms with Gasteiger partial charge in [-0.3, -0.25) is 0 Å². The molecule has 0 aliphatic heterocycles. The fraction of sp³-hybridized carbons (Fsp3) is 0.250. The number of H-pyrrole nitrogens is 2. The second kappa shape index (κ2) is 3.40. The van der Waals surface area contributed by atoms with E-state index >= 15 is 0 Å². The van der Waals surface area contributed by atoms with Crippen LogP contribution in [0.15, 0.2) is 18.7 Å². The zero-order valence-electron chi connectivity index (χ0n) is 7.12. The molecule has 0 saturated heterocycles. The third kappa shape index (κ3) is 1.59. The lowest BCUT2D eigenvalue weighted by Gasteiger charge is -1.91. The first-order chi connectivity index (χ1) is 6.40. The monoisotopic (exact) mass is 177 g/mol. The number of nitrogens with two attached hydrogens (primary N) is 1. The molecule has 5 nitrogen and oxygen atoms in total. The Morgan fingerprint density at radius 1 is 1.31 bits per heavy atom. The van der Waals surface area contributed by atoms with Crippen LogP contribution in [-0.2, 0) is 6.42 Å². The van der Waals surface area contributed by atoms with Gasteiger partial charge in [0.1, 0.15) is 5.82 Å². The van der Waals surface area contributed by atoms with Crippen molar-refractivity contribution in [3.05, 3.63) is 24.5 Å². The SMILES string of the molecule is NCCc1ncc(-c2cnc[nH]2)[nH]1. The number of hydrogen-bond acceptors (Lipinski definition) is 3. The summed E-state index contributed by atoms with van der Waals surface area (Å²) in [6.07, 6.45) is 5.94. The second-order valence-electron chi connectivity index (χ2n) is 2.75. The number of nitrogens with zero attached hydrogens (tertiary/aromatic N) is 2. The van der Waals surface area contributed by atoms with Crippen LogP contribution >= 0.6 is 0 Å². The first-order valence-electron chi connectivity index (χ1n) is 4.13. The van der Waals surface area contributed by atoms with Crippen LogP contribution in [0.2, 0.25) is 0 Å². The van der Waals surface area contributed by atoms with Gasteiger partial charge in [-0.25, -0.2) is 9.97 Å². The average Bonchev–Trinajstić information content (AvgIpc) is 2.70.